The molecule has 0 spiro atoms. The van der Waals surface area contributed by atoms with E-state index in [1.165, 1.54) is 0 Å². The van der Waals surface area contributed by atoms with Crippen LogP contribution in [0.15, 0.2) is 24.3 Å². The summed E-state index contributed by atoms with van der Waals surface area (Å²) in [7, 11) is 0. The third-order valence-corrected chi connectivity index (χ3v) is 3.11. The van der Waals surface area contributed by atoms with Crippen LogP contribution in [0.5, 0.6) is 5.75 Å². The van der Waals surface area contributed by atoms with Crippen LogP contribution >= 0.6 is 0 Å². The normalized spacial score (nSPS) is 11.7. The van der Waals surface area contributed by atoms with Crippen molar-refractivity contribution in [1.82, 2.24) is 5.32 Å². The van der Waals surface area contributed by atoms with Gasteiger partial charge in [0, 0.05) is 6.54 Å². The van der Waals surface area contributed by atoms with E-state index in [0.717, 1.165) is 0 Å². The SMILES string of the molecule is CC(C)C(C)CNC(=O)COc1ccc(C#N)cc1. The van der Waals surface area contributed by atoms with Crippen LogP contribution in [-0.4, -0.2) is 19.1 Å². The lowest BCUT2D eigenvalue weighted by molar-refractivity contribution is -0.123. The van der Waals surface area contributed by atoms with Crippen molar-refractivity contribution >= 4 is 5.91 Å². The molecule has 0 aliphatic heterocycles. The van der Waals surface area contributed by atoms with Gasteiger partial charge in [-0.2, -0.15) is 5.26 Å². The lowest BCUT2D eigenvalue weighted by Gasteiger charge is -2.16. The highest BCUT2D eigenvalue weighted by atomic mass is 16.5. The first kappa shape index (κ1) is 15.0. The van der Waals surface area contributed by atoms with Gasteiger partial charge in [-0.15, -0.1) is 0 Å². The molecular formula is C15H20N2O2. The van der Waals surface area contributed by atoms with Crippen LogP contribution in [0, 0.1) is 23.2 Å². The minimum atomic E-state index is -0.128. The molecule has 19 heavy (non-hydrogen) atoms. The van der Waals surface area contributed by atoms with Crippen LogP contribution in [-0.2, 0) is 4.79 Å². The molecule has 1 unspecified atom stereocenters. The van der Waals surface area contributed by atoms with Gasteiger partial charge in [-0.05, 0) is 36.1 Å². The topological polar surface area (TPSA) is 62.1 Å². The predicted molar refractivity (Wildman–Crippen MR) is 73.7 cm³/mol. The average molecular weight is 260 g/mol. The number of nitriles is 1. The number of ether oxygens (including phenoxy) is 1. The van der Waals surface area contributed by atoms with E-state index in [1.54, 1.807) is 24.3 Å². The summed E-state index contributed by atoms with van der Waals surface area (Å²) in [6.45, 7) is 7.02. The van der Waals surface area contributed by atoms with Crippen molar-refractivity contribution in [2.45, 2.75) is 20.8 Å². The van der Waals surface area contributed by atoms with Crippen molar-refractivity contribution in [3.8, 4) is 11.8 Å². The standard InChI is InChI=1S/C15H20N2O2/c1-11(2)12(3)9-17-15(18)10-19-14-6-4-13(8-16)5-7-14/h4-7,11-12H,9-10H2,1-3H3,(H,17,18). The maximum absolute atomic E-state index is 11.6. The maximum Gasteiger partial charge on any atom is 0.257 e. The largest absolute Gasteiger partial charge is 0.484 e. The van der Waals surface area contributed by atoms with Gasteiger partial charge >= 0.3 is 0 Å². The monoisotopic (exact) mass is 260 g/mol. The third-order valence-electron chi connectivity index (χ3n) is 3.11. The molecule has 4 heteroatoms. The molecule has 0 aliphatic carbocycles. The predicted octanol–water partition coefficient (Wildman–Crippen LogP) is 2.35. The quantitative estimate of drug-likeness (QED) is 0.854. The van der Waals surface area contributed by atoms with E-state index in [-0.39, 0.29) is 12.5 Å². The Bertz CT molecular complexity index is 446. The molecule has 0 saturated carbocycles. The zero-order valence-corrected chi connectivity index (χ0v) is 11.6. The number of rotatable bonds is 6. The van der Waals surface area contributed by atoms with Gasteiger partial charge < -0.3 is 10.1 Å². The van der Waals surface area contributed by atoms with E-state index in [1.807, 2.05) is 6.07 Å². The Morgan fingerprint density at radius 3 is 2.47 bits per heavy atom. The van der Waals surface area contributed by atoms with Crippen molar-refractivity contribution in [2.24, 2.45) is 11.8 Å². The third kappa shape index (κ3) is 5.43. The number of carbonyl (C=O) groups excluding carboxylic acids is 1. The van der Waals surface area contributed by atoms with Gasteiger partial charge in [0.05, 0.1) is 11.6 Å². The van der Waals surface area contributed by atoms with Gasteiger partial charge in [-0.1, -0.05) is 20.8 Å². The van der Waals surface area contributed by atoms with Crippen molar-refractivity contribution in [3.63, 3.8) is 0 Å². The lowest BCUT2D eigenvalue weighted by Crippen LogP contribution is -2.33. The molecule has 0 aliphatic rings. The first-order chi connectivity index (χ1) is 9.02. The van der Waals surface area contributed by atoms with Gasteiger partial charge in [0.2, 0.25) is 0 Å². The summed E-state index contributed by atoms with van der Waals surface area (Å²) < 4.78 is 5.34. The average Bonchev–Trinajstić information content (AvgIpc) is 2.42. The van der Waals surface area contributed by atoms with E-state index in [2.05, 4.69) is 26.1 Å². The second-order valence-electron chi connectivity index (χ2n) is 4.95. The molecule has 1 N–H and O–H groups in total. The maximum atomic E-state index is 11.6. The van der Waals surface area contributed by atoms with Crippen LogP contribution in [0.4, 0.5) is 0 Å². The van der Waals surface area contributed by atoms with Gasteiger partial charge in [0.1, 0.15) is 5.75 Å². The number of carbonyl (C=O) groups is 1. The van der Waals surface area contributed by atoms with Crippen LogP contribution in [0.2, 0.25) is 0 Å². The minimum absolute atomic E-state index is 0.00326. The van der Waals surface area contributed by atoms with Crippen LogP contribution in [0.25, 0.3) is 0 Å². The summed E-state index contributed by atoms with van der Waals surface area (Å²) >= 11 is 0. The second kappa shape index (κ2) is 7.42. The zero-order chi connectivity index (χ0) is 14.3. The van der Waals surface area contributed by atoms with Gasteiger partial charge in [-0.3, -0.25) is 4.79 Å². The van der Waals surface area contributed by atoms with Gasteiger partial charge in [0.15, 0.2) is 6.61 Å². The molecule has 1 amide bonds. The van der Waals surface area contributed by atoms with Crippen LogP contribution in [0.1, 0.15) is 26.3 Å². The molecule has 0 radical (unpaired) electrons. The Morgan fingerprint density at radius 1 is 1.32 bits per heavy atom. The highest BCUT2D eigenvalue weighted by molar-refractivity contribution is 5.77. The number of benzene rings is 1. The Hall–Kier alpha value is -2.02. The highest BCUT2D eigenvalue weighted by Gasteiger charge is 2.09. The molecule has 1 aromatic rings. The van der Waals surface area contributed by atoms with Crippen molar-refractivity contribution in [2.75, 3.05) is 13.2 Å². The van der Waals surface area contributed by atoms with E-state index < -0.39 is 0 Å². The summed E-state index contributed by atoms with van der Waals surface area (Å²) in [4.78, 5) is 11.6. The van der Waals surface area contributed by atoms with Gasteiger partial charge in [0.25, 0.3) is 5.91 Å². The highest BCUT2D eigenvalue weighted by Crippen LogP contribution is 2.11. The number of nitrogens with zero attached hydrogens (tertiary/aromatic N) is 1. The first-order valence-electron chi connectivity index (χ1n) is 6.42. The molecule has 0 heterocycles. The van der Waals surface area contributed by atoms with Crippen molar-refractivity contribution < 1.29 is 9.53 Å². The van der Waals surface area contributed by atoms with Crippen LogP contribution in [0.3, 0.4) is 0 Å². The van der Waals surface area contributed by atoms with E-state index >= 15 is 0 Å². The Labute approximate surface area is 114 Å². The molecule has 1 rings (SSSR count). The molecule has 0 saturated heterocycles. The molecule has 0 bridgehead atoms. The van der Waals surface area contributed by atoms with E-state index in [9.17, 15) is 4.79 Å². The number of hydrogen-bond acceptors (Lipinski definition) is 3. The summed E-state index contributed by atoms with van der Waals surface area (Å²) in [5.74, 6) is 1.45. The molecule has 1 atom stereocenters. The first-order valence-corrected chi connectivity index (χ1v) is 6.42. The molecule has 0 aromatic heterocycles. The summed E-state index contributed by atoms with van der Waals surface area (Å²) in [6, 6.07) is 8.72. The Kier molecular flexibility index (Phi) is 5.87. The molecule has 0 fully saturated rings. The number of amides is 1. The smallest absolute Gasteiger partial charge is 0.257 e. The molecular weight excluding hydrogens is 240 g/mol. The fraction of sp³-hybridized carbons (Fsp3) is 0.467. The molecule has 4 nitrogen and oxygen atoms in total. The summed E-state index contributed by atoms with van der Waals surface area (Å²) in [5, 5.41) is 11.5. The molecule has 102 valence electrons. The Morgan fingerprint density at radius 2 is 1.95 bits per heavy atom. The van der Waals surface area contributed by atoms with Crippen molar-refractivity contribution in [1.29, 1.82) is 5.26 Å². The van der Waals surface area contributed by atoms with Crippen LogP contribution < -0.4 is 10.1 Å². The fourth-order valence-corrected chi connectivity index (χ4v) is 1.34. The second-order valence-corrected chi connectivity index (χ2v) is 4.95. The minimum Gasteiger partial charge on any atom is -0.484 e. The zero-order valence-electron chi connectivity index (χ0n) is 11.6. The fourth-order valence-electron chi connectivity index (χ4n) is 1.34. The lowest BCUT2D eigenvalue weighted by atomic mass is 9.98. The summed E-state index contributed by atoms with van der Waals surface area (Å²) in [5.41, 5.74) is 0.572. The van der Waals surface area contributed by atoms with E-state index in [4.69, 9.17) is 10.00 Å². The van der Waals surface area contributed by atoms with Crippen molar-refractivity contribution in [3.05, 3.63) is 29.8 Å². The Balaban J connectivity index is 2.32. The number of nitrogens with one attached hydrogen (secondary N) is 1. The van der Waals surface area contributed by atoms with E-state index in [0.29, 0.717) is 29.7 Å². The molecule has 1 aromatic carbocycles. The van der Waals surface area contributed by atoms with Gasteiger partial charge in [-0.25, -0.2) is 0 Å². The summed E-state index contributed by atoms with van der Waals surface area (Å²) in [6.07, 6.45) is 0. The number of hydrogen-bond donors (Lipinski definition) is 1.